The maximum absolute atomic E-state index is 11.5. The van der Waals surface area contributed by atoms with E-state index in [9.17, 15) is 4.79 Å². The zero-order chi connectivity index (χ0) is 11.3. The number of hydrogen-bond acceptors (Lipinski definition) is 2. The molecule has 1 aromatic heterocycles. The molecule has 0 aromatic carbocycles. The minimum atomic E-state index is 0.0450. The van der Waals surface area contributed by atoms with Crippen LogP contribution in [0.25, 0.3) is 0 Å². The van der Waals surface area contributed by atoms with E-state index in [0.29, 0.717) is 12.3 Å². The fourth-order valence-electron chi connectivity index (χ4n) is 1.12. The van der Waals surface area contributed by atoms with Gasteiger partial charge in [0.2, 0.25) is 5.91 Å². The largest absolute Gasteiger partial charge is 0.325 e. The van der Waals surface area contributed by atoms with Crippen LogP contribution in [-0.4, -0.2) is 10.9 Å². The predicted octanol–water partition coefficient (Wildman–Crippen LogP) is 3.22. The third-order valence-corrected chi connectivity index (χ3v) is 2.37. The first-order valence-corrected chi connectivity index (χ1v) is 5.77. The highest BCUT2D eigenvalue weighted by molar-refractivity contribution is 9.10. The standard InChI is InChI=1S/C11H15BrN2O/c1-8(2)3-4-11(15)14-10-5-9(12)6-13-7-10/h5-8H,3-4H2,1-2H3,(H,14,15). The van der Waals surface area contributed by atoms with Gasteiger partial charge in [0, 0.05) is 17.1 Å². The van der Waals surface area contributed by atoms with Crippen LogP contribution in [-0.2, 0) is 4.79 Å². The molecule has 0 fully saturated rings. The summed E-state index contributed by atoms with van der Waals surface area (Å²) in [7, 11) is 0. The van der Waals surface area contributed by atoms with Crippen LogP contribution in [0.5, 0.6) is 0 Å². The Labute approximate surface area is 98.4 Å². The Morgan fingerprint density at radius 3 is 2.87 bits per heavy atom. The van der Waals surface area contributed by atoms with Crippen LogP contribution < -0.4 is 5.32 Å². The molecule has 1 rings (SSSR count). The molecule has 1 amide bonds. The minimum absolute atomic E-state index is 0.0450. The van der Waals surface area contributed by atoms with Crippen molar-refractivity contribution in [3.05, 3.63) is 22.9 Å². The number of anilines is 1. The van der Waals surface area contributed by atoms with Crippen molar-refractivity contribution in [3.63, 3.8) is 0 Å². The van der Waals surface area contributed by atoms with Gasteiger partial charge in [-0.05, 0) is 34.3 Å². The minimum Gasteiger partial charge on any atom is -0.325 e. The Hall–Kier alpha value is -0.900. The summed E-state index contributed by atoms with van der Waals surface area (Å²) < 4.78 is 0.865. The molecule has 0 spiro atoms. The number of amides is 1. The number of pyridine rings is 1. The Bertz CT molecular complexity index is 339. The van der Waals surface area contributed by atoms with Crippen LogP contribution in [0.1, 0.15) is 26.7 Å². The molecule has 15 heavy (non-hydrogen) atoms. The Balaban J connectivity index is 2.44. The van der Waals surface area contributed by atoms with Gasteiger partial charge in [0.05, 0.1) is 11.9 Å². The van der Waals surface area contributed by atoms with Gasteiger partial charge >= 0.3 is 0 Å². The smallest absolute Gasteiger partial charge is 0.224 e. The number of rotatable bonds is 4. The van der Waals surface area contributed by atoms with Gasteiger partial charge in [-0.3, -0.25) is 9.78 Å². The van der Waals surface area contributed by atoms with Crippen LogP contribution in [0.3, 0.4) is 0 Å². The number of hydrogen-bond donors (Lipinski definition) is 1. The number of nitrogens with zero attached hydrogens (tertiary/aromatic N) is 1. The van der Waals surface area contributed by atoms with E-state index in [2.05, 4.69) is 40.1 Å². The maximum Gasteiger partial charge on any atom is 0.224 e. The number of aromatic nitrogens is 1. The molecule has 0 aliphatic carbocycles. The molecule has 82 valence electrons. The second-order valence-corrected chi connectivity index (χ2v) is 4.79. The Kier molecular flexibility index (Phi) is 4.75. The van der Waals surface area contributed by atoms with Crippen LogP contribution >= 0.6 is 15.9 Å². The van der Waals surface area contributed by atoms with Gasteiger partial charge < -0.3 is 5.32 Å². The maximum atomic E-state index is 11.5. The van der Waals surface area contributed by atoms with Gasteiger partial charge in [0.15, 0.2) is 0 Å². The third kappa shape index (κ3) is 4.93. The Morgan fingerprint density at radius 2 is 2.27 bits per heavy atom. The summed E-state index contributed by atoms with van der Waals surface area (Å²) >= 11 is 3.30. The summed E-state index contributed by atoms with van der Waals surface area (Å²) in [5, 5.41) is 2.81. The van der Waals surface area contributed by atoms with Gasteiger partial charge in [-0.1, -0.05) is 13.8 Å². The molecule has 1 N–H and O–H groups in total. The zero-order valence-corrected chi connectivity index (χ0v) is 10.5. The van der Waals surface area contributed by atoms with Gasteiger partial charge in [-0.25, -0.2) is 0 Å². The van der Waals surface area contributed by atoms with E-state index in [4.69, 9.17) is 0 Å². The van der Waals surface area contributed by atoms with E-state index < -0.39 is 0 Å². The molecular formula is C11H15BrN2O. The van der Waals surface area contributed by atoms with E-state index in [0.717, 1.165) is 16.6 Å². The number of carbonyl (C=O) groups is 1. The quantitative estimate of drug-likeness (QED) is 0.913. The lowest BCUT2D eigenvalue weighted by molar-refractivity contribution is -0.116. The van der Waals surface area contributed by atoms with Crippen molar-refractivity contribution in [2.75, 3.05) is 5.32 Å². The second kappa shape index (κ2) is 5.85. The lowest BCUT2D eigenvalue weighted by Crippen LogP contribution is -2.12. The summed E-state index contributed by atoms with van der Waals surface area (Å²) in [6, 6.07) is 1.83. The van der Waals surface area contributed by atoms with Crippen molar-refractivity contribution >= 4 is 27.5 Å². The molecule has 0 saturated heterocycles. The molecule has 4 heteroatoms. The van der Waals surface area contributed by atoms with Gasteiger partial charge in [-0.2, -0.15) is 0 Å². The molecule has 0 saturated carbocycles. The summed E-state index contributed by atoms with van der Waals surface area (Å²) in [5.74, 6) is 0.597. The van der Waals surface area contributed by atoms with E-state index in [-0.39, 0.29) is 5.91 Å². The molecule has 0 radical (unpaired) electrons. The predicted molar refractivity (Wildman–Crippen MR) is 64.6 cm³/mol. The van der Waals surface area contributed by atoms with Gasteiger partial charge in [0.25, 0.3) is 0 Å². The molecule has 0 atom stereocenters. The van der Waals surface area contributed by atoms with Crippen LogP contribution in [0.15, 0.2) is 22.9 Å². The molecule has 3 nitrogen and oxygen atoms in total. The first kappa shape index (κ1) is 12.2. The zero-order valence-electron chi connectivity index (χ0n) is 8.96. The molecule has 0 bridgehead atoms. The van der Waals surface area contributed by atoms with E-state index in [1.54, 1.807) is 12.4 Å². The summed E-state index contributed by atoms with van der Waals surface area (Å²) in [6.07, 6.45) is 4.79. The van der Waals surface area contributed by atoms with Crippen molar-refractivity contribution in [2.45, 2.75) is 26.7 Å². The topological polar surface area (TPSA) is 42.0 Å². The van der Waals surface area contributed by atoms with Crippen LogP contribution in [0.2, 0.25) is 0 Å². The Morgan fingerprint density at radius 1 is 1.53 bits per heavy atom. The summed E-state index contributed by atoms with van der Waals surface area (Å²) in [4.78, 5) is 15.4. The fourth-order valence-corrected chi connectivity index (χ4v) is 1.49. The van der Waals surface area contributed by atoms with Gasteiger partial charge in [0.1, 0.15) is 0 Å². The summed E-state index contributed by atoms with van der Waals surface area (Å²) in [6.45, 7) is 4.21. The van der Waals surface area contributed by atoms with Crippen molar-refractivity contribution in [1.82, 2.24) is 4.98 Å². The molecular weight excluding hydrogens is 256 g/mol. The first-order chi connectivity index (χ1) is 7.08. The normalized spacial score (nSPS) is 10.4. The van der Waals surface area contributed by atoms with E-state index in [1.165, 1.54) is 0 Å². The van der Waals surface area contributed by atoms with Crippen molar-refractivity contribution in [1.29, 1.82) is 0 Å². The highest BCUT2D eigenvalue weighted by Gasteiger charge is 2.04. The first-order valence-electron chi connectivity index (χ1n) is 4.98. The van der Waals surface area contributed by atoms with Gasteiger partial charge in [-0.15, -0.1) is 0 Å². The number of nitrogens with one attached hydrogen (secondary N) is 1. The number of halogens is 1. The molecule has 0 aliphatic rings. The van der Waals surface area contributed by atoms with Crippen molar-refractivity contribution < 1.29 is 4.79 Å². The molecule has 1 aromatic rings. The lowest BCUT2D eigenvalue weighted by Gasteiger charge is -2.06. The highest BCUT2D eigenvalue weighted by Crippen LogP contribution is 2.14. The number of carbonyl (C=O) groups excluding carboxylic acids is 1. The molecule has 0 unspecified atom stereocenters. The fraction of sp³-hybridized carbons (Fsp3) is 0.455. The monoisotopic (exact) mass is 270 g/mol. The average molecular weight is 271 g/mol. The highest BCUT2D eigenvalue weighted by atomic mass is 79.9. The summed E-state index contributed by atoms with van der Waals surface area (Å²) in [5.41, 5.74) is 0.734. The van der Waals surface area contributed by atoms with E-state index >= 15 is 0 Å². The SMILES string of the molecule is CC(C)CCC(=O)Nc1cncc(Br)c1. The average Bonchev–Trinajstić information content (AvgIpc) is 2.15. The molecule has 0 aliphatic heterocycles. The van der Waals surface area contributed by atoms with Crippen LogP contribution in [0, 0.1) is 5.92 Å². The van der Waals surface area contributed by atoms with E-state index in [1.807, 2.05) is 6.07 Å². The lowest BCUT2D eigenvalue weighted by atomic mass is 10.1. The van der Waals surface area contributed by atoms with Crippen LogP contribution in [0.4, 0.5) is 5.69 Å². The van der Waals surface area contributed by atoms with Crippen molar-refractivity contribution in [2.24, 2.45) is 5.92 Å². The second-order valence-electron chi connectivity index (χ2n) is 3.87. The third-order valence-electron chi connectivity index (χ3n) is 1.94. The van der Waals surface area contributed by atoms with Crippen molar-refractivity contribution in [3.8, 4) is 0 Å². The molecule has 1 heterocycles.